The van der Waals surface area contributed by atoms with Gasteiger partial charge in [0.2, 0.25) is 10.0 Å². The van der Waals surface area contributed by atoms with Crippen molar-refractivity contribution in [2.24, 2.45) is 11.7 Å². The van der Waals surface area contributed by atoms with E-state index in [-0.39, 0.29) is 17.7 Å². The minimum absolute atomic E-state index is 0.00625. The number of hydrogen-bond donors (Lipinski definition) is 1. The lowest BCUT2D eigenvalue weighted by Crippen LogP contribution is -2.46. The summed E-state index contributed by atoms with van der Waals surface area (Å²) in [7, 11) is -1.73. The van der Waals surface area contributed by atoms with Crippen molar-refractivity contribution < 1.29 is 12.9 Å². The molecule has 0 bridgehead atoms. The zero-order valence-corrected chi connectivity index (χ0v) is 12.9. The Morgan fingerprint density at radius 2 is 2.15 bits per heavy atom. The predicted octanol–water partition coefficient (Wildman–Crippen LogP) is 1.26. The van der Waals surface area contributed by atoms with Crippen LogP contribution >= 0.6 is 0 Å². The van der Waals surface area contributed by atoms with Crippen LogP contribution in [0.3, 0.4) is 0 Å². The van der Waals surface area contributed by atoms with Crippen molar-refractivity contribution in [3.05, 3.63) is 17.5 Å². The van der Waals surface area contributed by atoms with E-state index < -0.39 is 10.0 Å². The average Bonchev–Trinajstić information content (AvgIpc) is 2.82. The Kier molecular flexibility index (Phi) is 4.82. The molecule has 0 aliphatic heterocycles. The first-order valence-corrected chi connectivity index (χ1v) is 8.63. The van der Waals surface area contributed by atoms with Gasteiger partial charge in [0.1, 0.15) is 17.2 Å². The summed E-state index contributed by atoms with van der Waals surface area (Å²) in [6.45, 7) is 2.28. The van der Waals surface area contributed by atoms with E-state index in [0.29, 0.717) is 18.0 Å². The summed E-state index contributed by atoms with van der Waals surface area (Å²) in [5.74, 6) is 0.757. The summed E-state index contributed by atoms with van der Waals surface area (Å²) in [6, 6.07) is 1.67. The van der Waals surface area contributed by atoms with E-state index >= 15 is 0 Å². The molecule has 1 heterocycles. The molecular formula is C13H23N3O3S. The van der Waals surface area contributed by atoms with Crippen LogP contribution in [0.15, 0.2) is 10.6 Å². The topological polar surface area (TPSA) is 89.4 Å². The van der Waals surface area contributed by atoms with Gasteiger partial charge in [-0.25, -0.2) is 12.7 Å². The van der Waals surface area contributed by atoms with E-state index in [4.69, 9.17) is 10.3 Å². The molecule has 1 aromatic heterocycles. The van der Waals surface area contributed by atoms with Gasteiger partial charge in [-0.1, -0.05) is 18.0 Å². The number of aromatic nitrogens is 1. The molecule has 1 aliphatic rings. The minimum atomic E-state index is -3.39. The maximum absolute atomic E-state index is 12.5. The highest BCUT2D eigenvalue weighted by atomic mass is 32.2. The highest BCUT2D eigenvalue weighted by Gasteiger charge is 2.33. The molecule has 0 spiro atoms. The zero-order valence-electron chi connectivity index (χ0n) is 12.1. The van der Waals surface area contributed by atoms with Crippen molar-refractivity contribution in [1.82, 2.24) is 9.46 Å². The van der Waals surface area contributed by atoms with Crippen molar-refractivity contribution in [3.63, 3.8) is 0 Å². The Hall–Kier alpha value is -0.920. The second-order valence-electron chi connectivity index (χ2n) is 5.55. The molecule has 0 aromatic carbocycles. The third-order valence-electron chi connectivity index (χ3n) is 4.08. The van der Waals surface area contributed by atoms with Gasteiger partial charge in [-0.2, -0.15) is 0 Å². The van der Waals surface area contributed by atoms with Gasteiger partial charge in [0, 0.05) is 19.2 Å². The Morgan fingerprint density at radius 3 is 2.75 bits per heavy atom. The standard InChI is InChI=1S/C13H23N3O3S/c1-10-7-12(15-19-10)9-20(17,18)16(2)13-6-4-3-5-11(13)8-14/h7,11,13H,3-6,8-9,14H2,1-2H3. The van der Waals surface area contributed by atoms with E-state index in [9.17, 15) is 8.42 Å². The van der Waals surface area contributed by atoms with E-state index in [1.807, 2.05) is 0 Å². The molecule has 7 heteroatoms. The summed E-state index contributed by atoms with van der Waals surface area (Å²) in [5.41, 5.74) is 6.23. The smallest absolute Gasteiger partial charge is 0.219 e. The van der Waals surface area contributed by atoms with Crippen molar-refractivity contribution >= 4 is 10.0 Å². The van der Waals surface area contributed by atoms with Crippen LogP contribution in [0.4, 0.5) is 0 Å². The molecular weight excluding hydrogens is 278 g/mol. The molecule has 1 aliphatic carbocycles. The third-order valence-corrected chi connectivity index (χ3v) is 5.89. The Morgan fingerprint density at radius 1 is 1.45 bits per heavy atom. The fourth-order valence-electron chi connectivity index (χ4n) is 2.92. The van der Waals surface area contributed by atoms with E-state index in [1.54, 1.807) is 20.0 Å². The molecule has 20 heavy (non-hydrogen) atoms. The summed E-state index contributed by atoms with van der Waals surface area (Å²) in [6.07, 6.45) is 4.08. The SMILES string of the molecule is Cc1cc(CS(=O)(=O)N(C)C2CCCCC2CN)no1. The first-order valence-electron chi connectivity index (χ1n) is 7.02. The molecule has 2 atom stereocenters. The number of aryl methyl sites for hydroxylation is 1. The van der Waals surface area contributed by atoms with Gasteiger partial charge in [-0.05, 0) is 32.2 Å². The summed E-state index contributed by atoms with van der Waals surface area (Å²) in [5, 5.41) is 3.76. The van der Waals surface area contributed by atoms with Gasteiger partial charge >= 0.3 is 0 Å². The van der Waals surface area contributed by atoms with E-state index in [0.717, 1.165) is 25.7 Å². The van der Waals surface area contributed by atoms with Crippen molar-refractivity contribution in [2.45, 2.75) is 44.4 Å². The van der Waals surface area contributed by atoms with Crippen molar-refractivity contribution in [2.75, 3.05) is 13.6 Å². The fourth-order valence-corrected chi connectivity index (χ4v) is 4.33. The van der Waals surface area contributed by atoms with Gasteiger partial charge in [0.15, 0.2) is 0 Å². The molecule has 2 N–H and O–H groups in total. The van der Waals surface area contributed by atoms with Gasteiger partial charge < -0.3 is 10.3 Å². The Bertz CT molecular complexity index is 541. The second kappa shape index (κ2) is 6.24. The number of nitrogens with two attached hydrogens (primary N) is 1. The molecule has 0 amide bonds. The Balaban J connectivity index is 2.11. The fraction of sp³-hybridized carbons (Fsp3) is 0.769. The summed E-state index contributed by atoms with van der Waals surface area (Å²) < 4.78 is 31.4. The largest absolute Gasteiger partial charge is 0.361 e. The lowest BCUT2D eigenvalue weighted by Gasteiger charge is -2.36. The van der Waals surface area contributed by atoms with Crippen LogP contribution in [0, 0.1) is 12.8 Å². The van der Waals surface area contributed by atoms with Crippen LogP contribution in [0.1, 0.15) is 37.1 Å². The van der Waals surface area contributed by atoms with Crippen LogP contribution in [0.2, 0.25) is 0 Å². The highest BCUT2D eigenvalue weighted by molar-refractivity contribution is 7.88. The third kappa shape index (κ3) is 3.39. The molecule has 1 fully saturated rings. The molecule has 1 aromatic rings. The first kappa shape index (κ1) is 15.5. The second-order valence-corrected chi connectivity index (χ2v) is 7.58. The lowest BCUT2D eigenvalue weighted by atomic mass is 9.85. The zero-order chi connectivity index (χ0) is 14.8. The van der Waals surface area contributed by atoms with Gasteiger partial charge in [0.05, 0.1) is 0 Å². The molecule has 0 radical (unpaired) electrons. The van der Waals surface area contributed by atoms with Crippen molar-refractivity contribution in [1.29, 1.82) is 0 Å². The van der Waals surface area contributed by atoms with Gasteiger partial charge in [-0.15, -0.1) is 0 Å². The lowest BCUT2D eigenvalue weighted by molar-refractivity contribution is 0.204. The molecule has 114 valence electrons. The van der Waals surface area contributed by atoms with Crippen molar-refractivity contribution in [3.8, 4) is 0 Å². The van der Waals surface area contributed by atoms with Crippen LogP contribution in [0.5, 0.6) is 0 Å². The maximum Gasteiger partial charge on any atom is 0.219 e. The number of rotatable bonds is 5. The summed E-state index contributed by atoms with van der Waals surface area (Å²) in [4.78, 5) is 0. The van der Waals surface area contributed by atoms with Crippen LogP contribution < -0.4 is 5.73 Å². The van der Waals surface area contributed by atoms with E-state index in [1.165, 1.54) is 4.31 Å². The van der Waals surface area contributed by atoms with Crippen LogP contribution in [-0.2, 0) is 15.8 Å². The summed E-state index contributed by atoms with van der Waals surface area (Å²) >= 11 is 0. The molecule has 6 nitrogen and oxygen atoms in total. The van der Waals surface area contributed by atoms with Gasteiger partial charge in [0.25, 0.3) is 0 Å². The molecule has 1 saturated carbocycles. The quantitative estimate of drug-likeness (QED) is 0.884. The monoisotopic (exact) mass is 301 g/mol. The first-order chi connectivity index (χ1) is 9.44. The average molecular weight is 301 g/mol. The van der Waals surface area contributed by atoms with Crippen LogP contribution in [-0.4, -0.2) is 37.5 Å². The van der Waals surface area contributed by atoms with E-state index in [2.05, 4.69) is 5.16 Å². The predicted molar refractivity (Wildman–Crippen MR) is 76.4 cm³/mol. The normalized spacial score (nSPS) is 24.2. The number of sulfonamides is 1. The number of nitrogens with zero attached hydrogens (tertiary/aromatic N) is 2. The molecule has 0 saturated heterocycles. The highest BCUT2D eigenvalue weighted by Crippen LogP contribution is 2.29. The maximum atomic E-state index is 12.5. The number of hydrogen-bond acceptors (Lipinski definition) is 5. The van der Waals surface area contributed by atoms with Gasteiger partial charge in [-0.3, -0.25) is 0 Å². The molecule has 2 unspecified atom stereocenters. The van der Waals surface area contributed by atoms with Crippen LogP contribution in [0.25, 0.3) is 0 Å². The molecule has 2 rings (SSSR count). The Labute approximate surface area is 120 Å². The minimum Gasteiger partial charge on any atom is -0.361 e.